The van der Waals surface area contributed by atoms with Crippen LogP contribution in [0.2, 0.25) is 0 Å². The minimum atomic E-state index is 0.310. The SMILES string of the molecule is Cc1cc(C)c(-c2cnc(N)nc2)cc1C. The normalized spacial score (nSPS) is 10.4. The first-order chi connectivity index (χ1) is 7.58. The number of rotatable bonds is 1. The van der Waals surface area contributed by atoms with Crippen LogP contribution in [0.25, 0.3) is 11.1 Å². The standard InChI is InChI=1S/C13H15N3/c1-8-4-10(3)12(5-9(8)2)11-6-15-13(14)16-7-11/h4-7H,1-3H3,(H2,14,15,16). The zero-order valence-electron chi connectivity index (χ0n) is 9.78. The van der Waals surface area contributed by atoms with Crippen molar-refractivity contribution in [2.75, 3.05) is 5.73 Å². The topological polar surface area (TPSA) is 51.8 Å². The van der Waals surface area contributed by atoms with E-state index >= 15 is 0 Å². The minimum Gasteiger partial charge on any atom is -0.368 e. The predicted octanol–water partition coefficient (Wildman–Crippen LogP) is 2.65. The highest BCUT2D eigenvalue weighted by Gasteiger charge is 2.05. The molecule has 0 fully saturated rings. The fourth-order valence-electron chi connectivity index (χ4n) is 1.75. The molecule has 0 bridgehead atoms. The second-order valence-electron chi connectivity index (χ2n) is 4.08. The smallest absolute Gasteiger partial charge is 0.219 e. The van der Waals surface area contributed by atoms with E-state index in [1.54, 1.807) is 12.4 Å². The van der Waals surface area contributed by atoms with E-state index in [9.17, 15) is 0 Å². The molecule has 0 amide bonds. The van der Waals surface area contributed by atoms with Crippen LogP contribution in [0.3, 0.4) is 0 Å². The van der Waals surface area contributed by atoms with Gasteiger partial charge in [-0.2, -0.15) is 0 Å². The molecule has 2 aromatic rings. The van der Waals surface area contributed by atoms with E-state index in [4.69, 9.17) is 5.73 Å². The first kappa shape index (κ1) is 10.6. The Kier molecular flexibility index (Phi) is 2.60. The van der Waals surface area contributed by atoms with Gasteiger partial charge in [0.25, 0.3) is 0 Å². The lowest BCUT2D eigenvalue weighted by molar-refractivity contribution is 1.18. The van der Waals surface area contributed by atoms with Crippen molar-refractivity contribution in [1.82, 2.24) is 9.97 Å². The third-order valence-electron chi connectivity index (χ3n) is 2.82. The van der Waals surface area contributed by atoms with E-state index < -0.39 is 0 Å². The van der Waals surface area contributed by atoms with Crippen LogP contribution in [0.1, 0.15) is 16.7 Å². The van der Waals surface area contributed by atoms with Gasteiger partial charge >= 0.3 is 0 Å². The molecule has 16 heavy (non-hydrogen) atoms. The molecule has 3 heteroatoms. The Morgan fingerprint density at radius 1 is 0.875 bits per heavy atom. The summed E-state index contributed by atoms with van der Waals surface area (Å²) in [4.78, 5) is 8.03. The number of hydrogen-bond acceptors (Lipinski definition) is 3. The van der Waals surface area contributed by atoms with Crippen molar-refractivity contribution in [3.8, 4) is 11.1 Å². The summed E-state index contributed by atoms with van der Waals surface area (Å²) >= 11 is 0. The number of aromatic nitrogens is 2. The predicted molar refractivity (Wildman–Crippen MR) is 66.1 cm³/mol. The van der Waals surface area contributed by atoms with Gasteiger partial charge in [-0.25, -0.2) is 9.97 Å². The van der Waals surface area contributed by atoms with Crippen LogP contribution in [0.4, 0.5) is 5.95 Å². The summed E-state index contributed by atoms with van der Waals surface area (Å²) < 4.78 is 0. The van der Waals surface area contributed by atoms with Gasteiger partial charge in [-0.15, -0.1) is 0 Å². The summed E-state index contributed by atoms with van der Waals surface area (Å²) in [6.45, 7) is 6.32. The zero-order valence-corrected chi connectivity index (χ0v) is 9.78. The van der Waals surface area contributed by atoms with Crippen LogP contribution < -0.4 is 5.73 Å². The molecule has 0 spiro atoms. The van der Waals surface area contributed by atoms with Gasteiger partial charge in [0.15, 0.2) is 0 Å². The van der Waals surface area contributed by atoms with Gasteiger partial charge in [-0.3, -0.25) is 0 Å². The third kappa shape index (κ3) is 1.89. The first-order valence-electron chi connectivity index (χ1n) is 5.23. The minimum absolute atomic E-state index is 0.310. The Balaban J connectivity index is 2.56. The van der Waals surface area contributed by atoms with Crippen molar-refractivity contribution in [2.24, 2.45) is 0 Å². The Hall–Kier alpha value is -1.90. The van der Waals surface area contributed by atoms with Gasteiger partial charge < -0.3 is 5.73 Å². The van der Waals surface area contributed by atoms with Gasteiger partial charge in [-0.05, 0) is 43.0 Å². The molecule has 1 heterocycles. The maximum Gasteiger partial charge on any atom is 0.219 e. The van der Waals surface area contributed by atoms with Gasteiger partial charge in [-0.1, -0.05) is 12.1 Å². The molecule has 0 radical (unpaired) electrons. The molecule has 0 aliphatic rings. The highest BCUT2D eigenvalue weighted by atomic mass is 15.0. The number of anilines is 1. The quantitative estimate of drug-likeness (QED) is 0.792. The maximum absolute atomic E-state index is 5.47. The van der Waals surface area contributed by atoms with E-state index in [0.717, 1.165) is 5.56 Å². The van der Waals surface area contributed by atoms with Crippen molar-refractivity contribution in [3.63, 3.8) is 0 Å². The van der Waals surface area contributed by atoms with Gasteiger partial charge in [0, 0.05) is 18.0 Å². The van der Waals surface area contributed by atoms with E-state index in [2.05, 4.69) is 42.9 Å². The molecule has 0 aliphatic heterocycles. The van der Waals surface area contributed by atoms with Gasteiger partial charge in [0.2, 0.25) is 5.95 Å². The molecule has 0 unspecified atom stereocenters. The lowest BCUT2D eigenvalue weighted by Crippen LogP contribution is -1.95. The Morgan fingerprint density at radius 2 is 1.44 bits per heavy atom. The average Bonchev–Trinajstić information content (AvgIpc) is 2.25. The van der Waals surface area contributed by atoms with Crippen molar-refractivity contribution in [3.05, 3.63) is 41.2 Å². The molecule has 82 valence electrons. The summed E-state index contributed by atoms with van der Waals surface area (Å²) in [6.07, 6.45) is 3.53. The molecule has 3 nitrogen and oxygen atoms in total. The summed E-state index contributed by atoms with van der Waals surface area (Å²) in [5.74, 6) is 0.310. The Bertz CT molecular complexity index is 515. The van der Waals surface area contributed by atoms with Gasteiger partial charge in [0.1, 0.15) is 0 Å². The lowest BCUT2D eigenvalue weighted by atomic mass is 9.97. The molecule has 1 aromatic heterocycles. The van der Waals surface area contributed by atoms with Crippen LogP contribution in [-0.2, 0) is 0 Å². The second kappa shape index (κ2) is 3.93. The summed E-state index contributed by atoms with van der Waals surface area (Å²) in [5, 5.41) is 0. The van der Waals surface area contributed by atoms with Crippen LogP contribution in [-0.4, -0.2) is 9.97 Å². The second-order valence-corrected chi connectivity index (χ2v) is 4.08. The molecule has 2 N–H and O–H groups in total. The van der Waals surface area contributed by atoms with E-state index in [0.29, 0.717) is 5.95 Å². The monoisotopic (exact) mass is 213 g/mol. The van der Waals surface area contributed by atoms with E-state index in [-0.39, 0.29) is 0 Å². The Labute approximate surface area is 95.4 Å². The maximum atomic E-state index is 5.47. The van der Waals surface area contributed by atoms with Crippen molar-refractivity contribution >= 4 is 5.95 Å². The average molecular weight is 213 g/mol. The lowest BCUT2D eigenvalue weighted by Gasteiger charge is -2.09. The summed E-state index contributed by atoms with van der Waals surface area (Å²) in [5.41, 5.74) is 11.5. The Morgan fingerprint density at radius 3 is 2.06 bits per heavy atom. The number of nitrogen functional groups attached to an aromatic ring is 1. The molecule has 1 aromatic carbocycles. The molecule has 0 aliphatic carbocycles. The number of nitrogens with zero attached hydrogens (tertiary/aromatic N) is 2. The van der Waals surface area contributed by atoms with Crippen molar-refractivity contribution in [2.45, 2.75) is 20.8 Å². The number of aryl methyl sites for hydroxylation is 3. The van der Waals surface area contributed by atoms with Crippen molar-refractivity contribution < 1.29 is 0 Å². The molecular formula is C13H15N3. The summed E-state index contributed by atoms with van der Waals surface area (Å²) in [7, 11) is 0. The molecule has 0 saturated carbocycles. The van der Waals surface area contributed by atoms with Crippen molar-refractivity contribution in [1.29, 1.82) is 0 Å². The van der Waals surface area contributed by atoms with E-state index in [1.165, 1.54) is 22.3 Å². The number of hydrogen-bond donors (Lipinski definition) is 1. The van der Waals surface area contributed by atoms with Crippen LogP contribution in [0.5, 0.6) is 0 Å². The fourth-order valence-corrected chi connectivity index (χ4v) is 1.75. The number of benzene rings is 1. The summed E-state index contributed by atoms with van der Waals surface area (Å²) in [6, 6.07) is 4.35. The number of nitrogens with two attached hydrogens (primary N) is 1. The third-order valence-corrected chi connectivity index (χ3v) is 2.82. The molecule has 2 rings (SSSR count). The molecular weight excluding hydrogens is 198 g/mol. The highest BCUT2D eigenvalue weighted by Crippen LogP contribution is 2.25. The van der Waals surface area contributed by atoms with Crippen LogP contribution in [0, 0.1) is 20.8 Å². The van der Waals surface area contributed by atoms with Gasteiger partial charge in [0.05, 0.1) is 0 Å². The largest absolute Gasteiger partial charge is 0.368 e. The van der Waals surface area contributed by atoms with E-state index in [1.807, 2.05) is 0 Å². The molecule has 0 saturated heterocycles. The van der Waals surface area contributed by atoms with Crippen LogP contribution in [0.15, 0.2) is 24.5 Å². The highest BCUT2D eigenvalue weighted by molar-refractivity contribution is 5.67. The zero-order chi connectivity index (χ0) is 11.7. The van der Waals surface area contributed by atoms with Crippen LogP contribution >= 0.6 is 0 Å². The first-order valence-corrected chi connectivity index (χ1v) is 5.23. The molecule has 0 atom stereocenters. The fraction of sp³-hybridized carbons (Fsp3) is 0.231.